The maximum atomic E-state index is 9.70. The van der Waals surface area contributed by atoms with Crippen LogP contribution in [0.2, 0.25) is 0 Å². The summed E-state index contributed by atoms with van der Waals surface area (Å²) in [5.41, 5.74) is 3.15. The molecule has 1 unspecified atom stereocenters. The molecule has 0 spiro atoms. The van der Waals surface area contributed by atoms with Crippen molar-refractivity contribution in [1.29, 1.82) is 0 Å². The minimum atomic E-state index is -0.129. The zero-order valence-corrected chi connectivity index (χ0v) is 17.5. The van der Waals surface area contributed by atoms with E-state index in [2.05, 4.69) is 16.1 Å². The van der Waals surface area contributed by atoms with E-state index < -0.39 is 0 Å². The van der Waals surface area contributed by atoms with Crippen molar-refractivity contribution in [2.45, 2.75) is 19.1 Å². The molecular weight excluding hydrogens is 398 g/mol. The van der Waals surface area contributed by atoms with E-state index in [1.165, 1.54) is 0 Å². The summed E-state index contributed by atoms with van der Waals surface area (Å²) in [4.78, 5) is 15.5. The SMILES string of the molecule is COc1cc(OC)cc(N(CCO)C2=CCC3N=CC(n4cnc(CO)c4)=NC3=C2)c1. The molecule has 1 aromatic carbocycles. The lowest BCUT2D eigenvalue weighted by Crippen LogP contribution is -2.29. The third kappa shape index (κ3) is 4.37. The summed E-state index contributed by atoms with van der Waals surface area (Å²) >= 11 is 0. The summed E-state index contributed by atoms with van der Waals surface area (Å²) in [6, 6.07) is 5.56. The quantitative estimate of drug-likeness (QED) is 0.703. The van der Waals surface area contributed by atoms with Crippen molar-refractivity contribution in [3.63, 3.8) is 0 Å². The summed E-state index contributed by atoms with van der Waals surface area (Å²) in [7, 11) is 3.21. The molecule has 0 fully saturated rings. The molecule has 0 saturated heterocycles. The average Bonchev–Trinajstić information content (AvgIpc) is 3.31. The number of fused-ring (bicyclic) bond motifs is 1. The number of hydrogen-bond acceptors (Lipinski definition) is 8. The number of benzene rings is 1. The van der Waals surface area contributed by atoms with Crippen LogP contribution in [0.15, 0.2) is 64.3 Å². The van der Waals surface area contributed by atoms with Gasteiger partial charge in [0.25, 0.3) is 0 Å². The Morgan fingerprint density at radius 2 is 1.94 bits per heavy atom. The Hall–Kier alpha value is -3.43. The highest BCUT2D eigenvalue weighted by atomic mass is 16.5. The van der Waals surface area contributed by atoms with Crippen molar-refractivity contribution in [2.75, 3.05) is 32.3 Å². The molecule has 1 aliphatic carbocycles. The van der Waals surface area contributed by atoms with E-state index in [1.807, 2.05) is 29.2 Å². The number of aliphatic imine (C=N–C) groups is 2. The van der Waals surface area contributed by atoms with E-state index >= 15 is 0 Å². The van der Waals surface area contributed by atoms with Gasteiger partial charge in [0.1, 0.15) is 17.8 Å². The second-order valence-electron chi connectivity index (χ2n) is 7.07. The van der Waals surface area contributed by atoms with Crippen molar-refractivity contribution in [2.24, 2.45) is 9.98 Å². The molecule has 4 rings (SSSR count). The number of methoxy groups -OCH3 is 2. The van der Waals surface area contributed by atoms with Gasteiger partial charge in [0, 0.05) is 42.3 Å². The first-order chi connectivity index (χ1) is 15.1. The van der Waals surface area contributed by atoms with Crippen molar-refractivity contribution in [3.8, 4) is 11.5 Å². The van der Waals surface area contributed by atoms with Gasteiger partial charge in [0.2, 0.25) is 0 Å². The minimum absolute atomic E-state index is 0.0187. The van der Waals surface area contributed by atoms with Gasteiger partial charge in [-0.2, -0.15) is 0 Å². The Bertz CT molecular complexity index is 1050. The van der Waals surface area contributed by atoms with Gasteiger partial charge in [-0.05, 0) is 12.5 Å². The van der Waals surface area contributed by atoms with E-state index in [-0.39, 0.29) is 19.3 Å². The predicted octanol–water partition coefficient (Wildman–Crippen LogP) is 1.76. The maximum Gasteiger partial charge on any atom is 0.156 e. The highest BCUT2D eigenvalue weighted by molar-refractivity contribution is 6.31. The van der Waals surface area contributed by atoms with Crippen LogP contribution in [0.1, 0.15) is 12.1 Å². The summed E-state index contributed by atoms with van der Waals surface area (Å²) < 4.78 is 12.5. The van der Waals surface area contributed by atoms with Gasteiger partial charge >= 0.3 is 0 Å². The molecule has 162 valence electrons. The molecule has 9 heteroatoms. The molecule has 2 aromatic rings. The number of nitrogens with zero attached hydrogens (tertiary/aromatic N) is 5. The second-order valence-corrected chi connectivity index (χ2v) is 7.07. The summed E-state index contributed by atoms with van der Waals surface area (Å²) in [5.74, 6) is 1.97. The van der Waals surface area contributed by atoms with Gasteiger partial charge in [-0.1, -0.05) is 6.08 Å². The Kier molecular flexibility index (Phi) is 6.15. The van der Waals surface area contributed by atoms with Crippen LogP contribution in [0.4, 0.5) is 5.69 Å². The fraction of sp³-hybridized carbons (Fsp3) is 0.318. The van der Waals surface area contributed by atoms with Crippen molar-refractivity contribution in [1.82, 2.24) is 9.55 Å². The van der Waals surface area contributed by atoms with E-state index in [4.69, 9.17) is 14.5 Å². The number of hydrogen-bond donors (Lipinski definition) is 2. The Balaban J connectivity index is 1.67. The van der Waals surface area contributed by atoms with Crippen LogP contribution in [-0.4, -0.2) is 65.2 Å². The molecule has 1 aliphatic heterocycles. The highest BCUT2D eigenvalue weighted by Crippen LogP contribution is 2.33. The molecule has 31 heavy (non-hydrogen) atoms. The molecule has 1 aromatic heterocycles. The van der Waals surface area contributed by atoms with Gasteiger partial charge in [-0.15, -0.1) is 0 Å². The number of rotatable bonds is 7. The standard InChI is InChI=1S/C22H25N5O4/c1-30-18-7-17(8-19(10-18)31-2)27(5-6-28)16-3-4-20-21(9-16)25-22(11-23-20)26-12-15(13-29)24-14-26/h3,7-12,14,20,28-29H,4-6,13H2,1-2H3. The molecule has 9 nitrogen and oxygen atoms in total. The fourth-order valence-electron chi connectivity index (χ4n) is 3.56. The first kappa shape index (κ1) is 20.8. The summed E-state index contributed by atoms with van der Waals surface area (Å²) in [6.07, 6.45) is 9.83. The van der Waals surface area contributed by atoms with Crippen LogP contribution in [0.5, 0.6) is 11.5 Å². The predicted molar refractivity (Wildman–Crippen MR) is 118 cm³/mol. The monoisotopic (exact) mass is 423 g/mol. The first-order valence-corrected chi connectivity index (χ1v) is 9.94. The molecule has 0 bridgehead atoms. The van der Waals surface area contributed by atoms with Gasteiger partial charge < -0.3 is 24.6 Å². The molecule has 0 radical (unpaired) electrons. The number of aliphatic hydroxyl groups is 2. The van der Waals surface area contributed by atoms with Crippen molar-refractivity contribution >= 4 is 17.7 Å². The van der Waals surface area contributed by atoms with E-state index in [0.717, 1.165) is 17.1 Å². The number of anilines is 1. The highest BCUT2D eigenvalue weighted by Gasteiger charge is 2.24. The van der Waals surface area contributed by atoms with E-state index in [1.54, 1.807) is 37.5 Å². The van der Waals surface area contributed by atoms with Gasteiger partial charge in [-0.3, -0.25) is 9.56 Å². The molecule has 2 heterocycles. The van der Waals surface area contributed by atoms with Crippen LogP contribution < -0.4 is 14.4 Å². The Morgan fingerprint density at radius 3 is 2.58 bits per heavy atom. The number of allylic oxidation sites excluding steroid dienone is 1. The fourth-order valence-corrected chi connectivity index (χ4v) is 3.56. The number of aromatic nitrogens is 2. The molecule has 1 atom stereocenters. The average molecular weight is 423 g/mol. The third-order valence-corrected chi connectivity index (χ3v) is 5.15. The molecule has 2 aliphatic rings. The maximum absolute atomic E-state index is 9.70. The van der Waals surface area contributed by atoms with Crippen molar-refractivity contribution in [3.05, 3.63) is 60.0 Å². The van der Waals surface area contributed by atoms with Gasteiger partial charge in [0.15, 0.2) is 5.84 Å². The Morgan fingerprint density at radius 1 is 1.16 bits per heavy atom. The number of aliphatic hydroxyl groups excluding tert-OH is 2. The van der Waals surface area contributed by atoms with E-state index in [0.29, 0.717) is 36.0 Å². The van der Waals surface area contributed by atoms with Crippen LogP contribution in [-0.2, 0) is 6.61 Å². The smallest absolute Gasteiger partial charge is 0.156 e. The third-order valence-electron chi connectivity index (χ3n) is 5.15. The molecular formula is C22H25N5O4. The van der Waals surface area contributed by atoms with Gasteiger partial charge in [0.05, 0.1) is 51.1 Å². The normalized spacial score (nSPS) is 17.4. The number of imidazole rings is 1. The van der Waals surface area contributed by atoms with Crippen LogP contribution >= 0.6 is 0 Å². The lowest BCUT2D eigenvalue weighted by atomic mass is 10.0. The van der Waals surface area contributed by atoms with Gasteiger partial charge in [-0.25, -0.2) is 9.98 Å². The minimum Gasteiger partial charge on any atom is -0.497 e. The largest absolute Gasteiger partial charge is 0.497 e. The lowest BCUT2D eigenvalue weighted by molar-refractivity contribution is 0.277. The lowest BCUT2D eigenvalue weighted by Gasteiger charge is -2.30. The molecule has 2 N–H and O–H groups in total. The van der Waals surface area contributed by atoms with Crippen LogP contribution in [0, 0.1) is 0 Å². The topological polar surface area (TPSA) is 105 Å². The van der Waals surface area contributed by atoms with E-state index in [9.17, 15) is 10.2 Å². The molecule has 0 amide bonds. The summed E-state index contributed by atoms with van der Waals surface area (Å²) in [6.45, 7) is 0.253. The first-order valence-electron chi connectivity index (χ1n) is 9.94. The molecule has 0 saturated carbocycles. The summed E-state index contributed by atoms with van der Waals surface area (Å²) in [5, 5.41) is 19.0. The van der Waals surface area contributed by atoms with Crippen LogP contribution in [0.3, 0.4) is 0 Å². The zero-order valence-electron chi connectivity index (χ0n) is 17.5. The number of ether oxygens (including phenoxy) is 2. The zero-order chi connectivity index (χ0) is 21.8. The van der Waals surface area contributed by atoms with Crippen LogP contribution in [0.25, 0.3) is 0 Å². The second kappa shape index (κ2) is 9.15. The van der Waals surface area contributed by atoms with Crippen molar-refractivity contribution < 1.29 is 19.7 Å². The Labute approximate surface area is 180 Å².